The van der Waals surface area contributed by atoms with Gasteiger partial charge in [-0.1, -0.05) is 11.6 Å². The maximum atomic E-state index is 13.4. The molecule has 1 aliphatic rings. The fourth-order valence-corrected chi connectivity index (χ4v) is 2.94. The number of amides is 2. The van der Waals surface area contributed by atoms with Crippen LogP contribution in [0.5, 0.6) is 0 Å². The number of rotatable bonds is 4. The van der Waals surface area contributed by atoms with Crippen molar-refractivity contribution in [2.24, 2.45) is 5.92 Å². The summed E-state index contributed by atoms with van der Waals surface area (Å²) in [5, 5.41) is 13.1. The zero-order chi connectivity index (χ0) is 19.7. The van der Waals surface area contributed by atoms with Gasteiger partial charge in [-0.2, -0.15) is 4.39 Å². The third-order valence-corrected chi connectivity index (χ3v) is 4.41. The van der Waals surface area contributed by atoms with Gasteiger partial charge in [0, 0.05) is 30.4 Å². The molecule has 1 fully saturated rings. The van der Waals surface area contributed by atoms with Gasteiger partial charge < -0.3 is 10.2 Å². The van der Waals surface area contributed by atoms with Crippen LogP contribution in [0, 0.1) is 27.7 Å². The van der Waals surface area contributed by atoms with E-state index in [0.29, 0.717) is 5.69 Å². The monoisotopic (exact) mass is 395 g/mol. The van der Waals surface area contributed by atoms with E-state index in [1.807, 2.05) is 0 Å². The lowest BCUT2D eigenvalue weighted by molar-refractivity contribution is -0.387. The molecule has 2 amide bonds. The van der Waals surface area contributed by atoms with Gasteiger partial charge in [0.05, 0.1) is 15.9 Å². The van der Waals surface area contributed by atoms with Crippen molar-refractivity contribution in [3.8, 4) is 0 Å². The van der Waals surface area contributed by atoms with Crippen molar-refractivity contribution >= 4 is 40.5 Å². The summed E-state index contributed by atoms with van der Waals surface area (Å²) in [6.45, 7) is 0.0376. The second-order valence-corrected chi connectivity index (χ2v) is 6.32. The maximum absolute atomic E-state index is 13.4. The lowest BCUT2D eigenvalue weighted by Crippen LogP contribution is -2.28. The van der Waals surface area contributed by atoms with Gasteiger partial charge in [-0.3, -0.25) is 19.7 Å². The molecular formula is C17H12ClF2N3O4. The molecular weight excluding hydrogens is 384 g/mol. The van der Waals surface area contributed by atoms with Crippen LogP contribution in [-0.4, -0.2) is 23.3 Å². The van der Waals surface area contributed by atoms with Gasteiger partial charge in [0.25, 0.3) is 0 Å². The van der Waals surface area contributed by atoms with E-state index in [2.05, 4.69) is 5.32 Å². The Hall–Kier alpha value is -3.07. The number of hydrogen-bond donors (Lipinski definition) is 1. The van der Waals surface area contributed by atoms with Crippen molar-refractivity contribution in [1.29, 1.82) is 0 Å². The predicted octanol–water partition coefficient (Wildman–Crippen LogP) is 3.52. The molecule has 1 atom stereocenters. The number of nitro groups is 1. The number of nitrogens with one attached hydrogen (secondary N) is 1. The summed E-state index contributed by atoms with van der Waals surface area (Å²) in [5.74, 6) is -3.26. The molecule has 0 spiro atoms. The molecule has 0 aliphatic carbocycles. The number of nitro benzene ring substituents is 1. The highest BCUT2D eigenvalue weighted by Gasteiger charge is 2.35. The Bertz CT molecular complexity index is 954. The van der Waals surface area contributed by atoms with Crippen molar-refractivity contribution in [2.45, 2.75) is 6.42 Å². The Kier molecular flexibility index (Phi) is 5.04. The van der Waals surface area contributed by atoms with E-state index in [4.69, 9.17) is 11.6 Å². The topological polar surface area (TPSA) is 92.5 Å². The largest absolute Gasteiger partial charge is 0.326 e. The first-order chi connectivity index (χ1) is 12.8. The highest BCUT2D eigenvalue weighted by molar-refractivity contribution is 6.31. The van der Waals surface area contributed by atoms with Crippen LogP contribution in [0.4, 0.5) is 25.8 Å². The second kappa shape index (κ2) is 7.28. The molecule has 1 heterocycles. The SMILES string of the molecule is O=C(Nc1ccc(F)c([N+](=O)[O-])c1)C1CC(=O)N(c2ccc(F)c(Cl)c2)C1. The molecule has 140 valence electrons. The molecule has 27 heavy (non-hydrogen) atoms. The molecule has 0 saturated carbocycles. The van der Waals surface area contributed by atoms with Crippen LogP contribution in [0.15, 0.2) is 36.4 Å². The molecule has 1 saturated heterocycles. The van der Waals surface area contributed by atoms with Gasteiger partial charge in [-0.05, 0) is 30.3 Å². The number of carbonyl (C=O) groups is 2. The van der Waals surface area contributed by atoms with E-state index in [1.54, 1.807) is 0 Å². The number of anilines is 2. The molecule has 0 radical (unpaired) electrons. The minimum Gasteiger partial charge on any atom is -0.326 e. The van der Waals surface area contributed by atoms with E-state index in [9.17, 15) is 28.5 Å². The molecule has 0 aromatic heterocycles. The van der Waals surface area contributed by atoms with E-state index < -0.39 is 34.1 Å². The molecule has 0 bridgehead atoms. The summed E-state index contributed by atoms with van der Waals surface area (Å²) in [4.78, 5) is 35.8. The Morgan fingerprint density at radius 2 is 1.93 bits per heavy atom. The van der Waals surface area contributed by atoms with Crippen LogP contribution in [0.2, 0.25) is 5.02 Å². The van der Waals surface area contributed by atoms with Crippen molar-refractivity contribution in [3.63, 3.8) is 0 Å². The standard InChI is InChI=1S/C17H12ClF2N3O4/c18-12-7-11(2-4-13(12)19)22-8-9(5-16(22)24)17(25)21-10-1-3-14(20)15(6-10)23(26)27/h1-4,6-7,9H,5,8H2,(H,21,25). The predicted molar refractivity (Wildman–Crippen MR) is 93.6 cm³/mol. The van der Waals surface area contributed by atoms with Crippen molar-refractivity contribution in [1.82, 2.24) is 0 Å². The Morgan fingerprint density at radius 1 is 1.22 bits per heavy atom. The minimum absolute atomic E-state index is 0.0376. The zero-order valence-corrected chi connectivity index (χ0v) is 14.4. The minimum atomic E-state index is -1.02. The highest BCUT2D eigenvalue weighted by atomic mass is 35.5. The van der Waals surface area contributed by atoms with Gasteiger partial charge in [-0.25, -0.2) is 4.39 Å². The Balaban J connectivity index is 1.73. The summed E-state index contributed by atoms with van der Waals surface area (Å²) >= 11 is 5.72. The van der Waals surface area contributed by atoms with Crippen LogP contribution in [0.25, 0.3) is 0 Å². The van der Waals surface area contributed by atoms with Gasteiger partial charge in [0.15, 0.2) is 0 Å². The fraction of sp³-hybridized carbons (Fsp3) is 0.176. The number of nitrogens with zero attached hydrogens (tertiary/aromatic N) is 2. The van der Waals surface area contributed by atoms with Gasteiger partial charge in [0.2, 0.25) is 17.6 Å². The van der Waals surface area contributed by atoms with E-state index in [0.717, 1.165) is 18.2 Å². The molecule has 10 heteroatoms. The Morgan fingerprint density at radius 3 is 2.59 bits per heavy atom. The van der Waals surface area contributed by atoms with E-state index in [-0.39, 0.29) is 29.6 Å². The molecule has 1 aliphatic heterocycles. The first-order valence-electron chi connectivity index (χ1n) is 7.76. The smallest absolute Gasteiger partial charge is 0.306 e. The third kappa shape index (κ3) is 3.87. The molecule has 3 rings (SSSR count). The van der Waals surface area contributed by atoms with Gasteiger partial charge >= 0.3 is 5.69 Å². The number of hydrogen-bond acceptors (Lipinski definition) is 4. The highest BCUT2D eigenvalue weighted by Crippen LogP contribution is 2.29. The average molecular weight is 396 g/mol. The van der Waals surface area contributed by atoms with Gasteiger partial charge in [0.1, 0.15) is 5.82 Å². The van der Waals surface area contributed by atoms with E-state index >= 15 is 0 Å². The summed E-state index contributed by atoms with van der Waals surface area (Å²) in [7, 11) is 0. The first-order valence-corrected chi connectivity index (χ1v) is 8.14. The second-order valence-electron chi connectivity index (χ2n) is 5.92. The number of benzene rings is 2. The van der Waals surface area contributed by atoms with E-state index in [1.165, 1.54) is 23.1 Å². The van der Waals surface area contributed by atoms with Crippen LogP contribution >= 0.6 is 11.6 Å². The summed E-state index contributed by atoms with van der Waals surface area (Å²) in [5.41, 5.74) is -0.360. The average Bonchev–Trinajstić information content (AvgIpc) is 3.00. The van der Waals surface area contributed by atoms with Crippen molar-refractivity contribution < 1.29 is 23.3 Å². The van der Waals surface area contributed by atoms with Crippen LogP contribution in [0.1, 0.15) is 6.42 Å². The van der Waals surface area contributed by atoms with Crippen molar-refractivity contribution in [2.75, 3.05) is 16.8 Å². The lowest BCUT2D eigenvalue weighted by atomic mass is 10.1. The molecule has 1 unspecified atom stereocenters. The lowest BCUT2D eigenvalue weighted by Gasteiger charge is -2.17. The zero-order valence-electron chi connectivity index (χ0n) is 13.6. The van der Waals surface area contributed by atoms with Crippen LogP contribution in [0.3, 0.4) is 0 Å². The van der Waals surface area contributed by atoms with Gasteiger partial charge in [-0.15, -0.1) is 0 Å². The summed E-state index contributed by atoms with van der Waals surface area (Å²) in [6.07, 6.45) is -0.0931. The molecule has 2 aromatic rings. The summed E-state index contributed by atoms with van der Waals surface area (Å²) in [6, 6.07) is 6.76. The molecule has 1 N–H and O–H groups in total. The van der Waals surface area contributed by atoms with Crippen LogP contribution in [-0.2, 0) is 9.59 Å². The number of halogens is 3. The summed E-state index contributed by atoms with van der Waals surface area (Å²) < 4.78 is 26.6. The first kappa shape index (κ1) is 18.7. The number of carbonyl (C=O) groups excluding carboxylic acids is 2. The molecule has 2 aromatic carbocycles. The van der Waals surface area contributed by atoms with Crippen molar-refractivity contribution in [3.05, 3.63) is 63.2 Å². The third-order valence-electron chi connectivity index (χ3n) is 4.12. The Labute approximate surface area is 156 Å². The maximum Gasteiger partial charge on any atom is 0.306 e. The molecule has 7 nitrogen and oxygen atoms in total. The fourth-order valence-electron chi connectivity index (χ4n) is 2.76. The van der Waals surface area contributed by atoms with Crippen LogP contribution < -0.4 is 10.2 Å². The quantitative estimate of drug-likeness (QED) is 0.633. The normalized spacial score (nSPS) is 16.5.